The maximum atomic E-state index is 14.8. The van der Waals surface area contributed by atoms with Gasteiger partial charge in [0.25, 0.3) is 0 Å². The summed E-state index contributed by atoms with van der Waals surface area (Å²) in [6, 6.07) is 14.8. The van der Waals surface area contributed by atoms with Crippen molar-refractivity contribution in [1.82, 2.24) is 5.32 Å². The van der Waals surface area contributed by atoms with Gasteiger partial charge in [-0.25, -0.2) is 14.4 Å². The molecule has 1 spiro atoms. The van der Waals surface area contributed by atoms with Gasteiger partial charge in [-0.2, -0.15) is 0 Å². The zero-order valence-electron chi connectivity index (χ0n) is 32.8. The molecule has 306 valence electrons. The molecule has 1 amide bonds. The second-order valence-electron chi connectivity index (χ2n) is 17.2. The second kappa shape index (κ2) is 14.0. The molecule has 4 N–H and O–H groups in total. The molecule has 2 aromatic carbocycles. The van der Waals surface area contributed by atoms with E-state index in [0.29, 0.717) is 5.56 Å². The number of hydrogen-bond donors (Lipinski definition) is 4. The minimum absolute atomic E-state index is 0.00335. The SMILES string of the molecule is CC(=O)O[C@@]12CO[C@@H]1C[C@@H]1O[C@@]13C(=O)[C@H](O)C1=C(C)[C@@H](OC(=O)[C@H](O)[C@@H](NC(=O)OC(C)(C)C)c4ccccc4)CC(O)([C@@H](OC(=O)c4ccccc4)[C@H]23)C1(C)C. The molecular weight excluding hydrogens is 742 g/mol. The first-order chi connectivity index (χ1) is 26.7. The first kappa shape index (κ1) is 40.5. The molecule has 57 heavy (non-hydrogen) atoms. The number of epoxide rings is 1. The van der Waals surface area contributed by atoms with Gasteiger partial charge in [-0.1, -0.05) is 62.4 Å². The average molecular weight is 792 g/mol. The first-order valence-corrected chi connectivity index (χ1v) is 19.0. The van der Waals surface area contributed by atoms with Crippen molar-refractivity contribution in [3.63, 3.8) is 0 Å². The van der Waals surface area contributed by atoms with Gasteiger partial charge in [0.2, 0.25) is 0 Å². The smallest absolute Gasteiger partial charge is 0.408 e. The highest BCUT2D eigenvalue weighted by atomic mass is 16.7. The number of hydrogen-bond acceptors (Lipinski definition) is 14. The van der Waals surface area contributed by atoms with Crippen LogP contribution in [-0.4, -0.2) is 111 Å². The molecular formula is C42H49NO14. The molecule has 2 bridgehead atoms. The molecule has 4 fully saturated rings. The second-order valence-corrected chi connectivity index (χ2v) is 17.2. The summed E-state index contributed by atoms with van der Waals surface area (Å²) in [6.07, 6.45) is -9.98. The van der Waals surface area contributed by atoms with Gasteiger partial charge < -0.3 is 49.1 Å². The quantitative estimate of drug-likeness (QED) is 0.131. The standard InChI is InChI=1S/C42H49NO14/c1-21-25(53-36(49)31(46)29(23-14-10-8-11-15-23)43-37(50)57-38(3,4)5)19-41(51)34(54-35(48)24-16-12-9-13-17-24)32-40(55-22(2)44)20-52-26(40)18-27-42(32,56-27)33(47)30(45)28(21)39(41,6)7/h8-17,25-27,29-32,34,45-46,51H,18-20H2,1-7H3,(H,43,50)/t25-,26+,27-,29-,30+,31+,32+,34-,40-,41?,42-/m0/s1. The van der Waals surface area contributed by atoms with Crippen molar-refractivity contribution in [3.05, 3.63) is 82.9 Å². The van der Waals surface area contributed by atoms with Crippen molar-refractivity contribution in [2.75, 3.05) is 6.61 Å². The molecule has 15 heteroatoms. The number of carbonyl (C=O) groups is 5. The van der Waals surface area contributed by atoms with E-state index in [4.69, 9.17) is 28.4 Å². The lowest BCUT2D eigenvalue weighted by Crippen LogP contribution is -2.79. The van der Waals surface area contributed by atoms with E-state index in [0.717, 1.165) is 0 Å². The Kier molecular flexibility index (Phi) is 9.96. The van der Waals surface area contributed by atoms with E-state index in [9.17, 15) is 39.3 Å². The third kappa shape index (κ3) is 6.53. The normalized spacial score (nSPS) is 34.6. The van der Waals surface area contributed by atoms with E-state index in [1.165, 1.54) is 26.0 Å². The maximum absolute atomic E-state index is 14.8. The predicted molar refractivity (Wildman–Crippen MR) is 197 cm³/mol. The number of amides is 1. The fourth-order valence-corrected chi connectivity index (χ4v) is 9.53. The van der Waals surface area contributed by atoms with E-state index >= 15 is 0 Å². The molecule has 1 unspecified atom stereocenters. The Morgan fingerprint density at radius 1 is 0.965 bits per heavy atom. The van der Waals surface area contributed by atoms with Crippen LogP contribution in [0.2, 0.25) is 0 Å². The topological polar surface area (TPSA) is 217 Å². The number of fused-ring (bicyclic) bond motifs is 4. The van der Waals surface area contributed by atoms with Crippen LogP contribution in [0.4, 0.5) is 4.79 Å². The van der Waals surface area contributed by atoms with Crippen LogP contribution in [0.3, 0.4) is 0 Å². The largest absolute Gasteiger partial charge is 0.456 e. The number of ether oxygens (including phenoxy) is 6. The Bertz CT molecular complexity index is 1990. The van der Waals surface area contributed by atoms with E-state index in [-0.39, 0.29) is 29.7 Å². The van der Waals surface area contributed by atoms with Crippen molar-refractivity contribution in [3.8, 4) is 0 Å². The van der Waals surface area contributed by atoms with Gasteiger partial charge in [0, 0.05) is 25.2 Å². The van der Waals surface area contributed by atoms with Gasteiger partial charge in [-0.3, -0.25) is 9.59 Å². The molecule has 2 saturated heterocycles. The van der Waals surface area contributed by atoms with Crippen LogP contribution in [0.5, 0.6) is 0 Å². The van der Waals surface area contributed by atoms with E-state index in [1.807, 2.05) is 0 Å². The summed E-state index contributed by atoms with van der Waals surface area (Å²) in [5, 5.41) is 39.6. The van der Waals surface area contributed by atoms with Crippen LogP contribution in [0, 0.1) is 11.3 Å². The Labute approximate surface area is 329 Å². The predicted octanol–water partition coefficient (Wildman–Crippen LogP) is 3.03. The van der Waals surface area contributed by atoms with Crippen molar-refractivity contribution in [2.45, 2.75) is 126 Å². The molecule has 2 aliphatic heterocycles. The fourth-order valence-electron chi connectivity index (χ4n) is 9.53. The van der Waals surface area contributed by atoms with Crippen molar-refractivity contribution >= 4 is 29.8 Å². The summed E-state index contributed by atoms with van der Waals surface area (Å²) in [7, 11) is 0. The molecule has 2 heterocycles. The zero-order chi connectivity index (χ0) is 41.5. The first-order valence-electron chi connectivity index (χ1n) is 19.0. The van der Waals surface area contributed by atoms with Crippen molar-refractivity contribution in [2.24, 2.45) is 11.3 Å². The summed E-state index contributed by atoms with van der Waals surface area (Å²) in [6.45, 7) is 10.6. The summed E-state index contributed by atoms with van der Waals surface area (Å²) in [5.41, 5.74) is -7.59. The maximum Gasteiger partial charge on any atom is 0.408 e. The third-order valence-electron chi connectivity index (χ3n) is 12.3. The summed E-state index contributed by atoms with van der Waals surface area (Å²) in [5.74, 6) is -5.02. The Morgan fingerprint density at radius 2 is 1.60 bits per heavy atom. The van der Waals surface area contributed by atoms with Crippen molar-refractivity contribution < 1.29 is 67.7 Å². The van der Waals surface area contributed by atoms with Gasteiger partial charge in [0.15, 0.2) is 23.1 Å². The fraction of sp³-hybridized carbons (Fsp3) is 0.548. The molecule has 0 aromatic heterocycles. The Balaban J connectivity index is 1.32. The summed E-state index contributed by atoms with van der Waals surface area (Å²) < 4.78 is 35.8. The van der Waals surface area contributed by atoms with Crippen LogP contribution in [0.1, 0.15) is 83.3 Å². The molecule has 5 aliphatic rings. The molecule has 2 saturated carbocycles. The van der Waals surface area contributed by atoms with E-state index in [2.05, 4.69) is 5.32 Å². The highest BCUT2D eigenvalue weighted by Crippen LogP contribution is 2.67. The minimum Gasteiger partial charge on any atom is -0.456 e. The number of esters is 3. The lowest BCUT2D eigenvalue weighted by atomic mass is 9.49. The van der Waals surface area contributed by atoms with E-state index in [1.54, 1.807) is 83.1 Å². The van der Waals surface area contributed by atoms with Crippen LogP contribution in [0.15, 0.2) is 71.8 Å². The van der Waals surface area contributed by atoms with Gasteiger partial charge in [-0.15, -0.1) is 0 Å². The summed E-state index contributed by atoms with van der Waals surface area (Å²) >= 11 is 0. The Morgan fingerprint density at radius 3 is 2.18 bits per heavy atom. The van der Waals surface area contributed by atoms with Crippen LogP contribution in [-0.2, 0) is 42.8 Å². The number of aliphatic hydroxyl groups excluding tert-OH is 2. The van der Waals surface area contributed by atoms with Gasteiger partial charge in [-0.05, 0) is 56.5 Å². The molecule has 3 aliphatic carbocycles. The molecule has 11 atom stereocenters. The van der Waals surface area contributed by atoms with Gasteiger partial charge in [0.05, 0.1) is 30.2 Å². The average Bonchev–Trinajstić information content (AvgIpc) is 3.87. The van der Waals surface area contributed by atoms with Crippen molar-refractivity contribution in [1.29, 1.82) is 0 Å². The summed E-state index contributed by atoms with van der Waals surface area (Å²) in [4.78, 5) is 68.6. The van der Waals surface area contributed by atoms with Gasteiger partial charge >= 0.3 is 24.0 Å². The number of aliphatic hydroxyl groups is 3. The number of benzene rings is 2. The number of rotatable bonds is 8. The monoisotopic (exact) mass is 791 g/mol. The van der Waals surface area contributed by atoms with Gasteiger partial charge in [0.1, 0.15) is 35.6 Å². The molecule has 15 nitrogen and oxygen atoms in total. The molecule has 0 radical (unpaired) electrons. The molecule has 2 aromatic rings. The Hall–Kier alpha value is -4.67. The van der Waals surface area contributed by atoms with Crippen LogP contribution in [0.25, 0.3) is 0 Å². The lowest BCUT2D eigenvalue weighted by molar-refractivity contribution is -0.315. The number of Topliss-reactive ketones (excluding diaryl/α,β-unsaturated/α-hetero) is 1. The number of nitrogens with one attached hydrogen (secondary N) is 1. The third-order valence-corrected chi connectivity index (χ3v) is 12.3. The lowest BCUT2D eigenvalue weighted by Gasteiger charge is -2.63. The minimum atomic E-state index is -2.28. The van der Waals surface area contributed by atoms with E-state index < -0.39 is 113 Å². The number of alkyl carbamates (subject to hydrolysis) is 1. The molecule has 7 rings (SSSR count). The number of ketones is 1. The zero-order valence-corrected chi connectivity index (χ0v) is 32.8. The van der Waals surface area contributed by atoms with Crippen LogP contribution < -0.4 is 5.32 Å². The highest BCUT2D eigenvalue weighted by molar-refractivity contribution is 5.98. The highest BCUT2D eigenvalue weighted by Gasteiger charge is 2.85. The number of carbonyl (C=O) groups excluding carboxylic acids is 5. The van der Waals surface area contributed by atoms with Crippen LogP contribution >= 0.6 is 0 Å².